The van der Waals surface area contributed by atoms with Crippen molar-refractivity contribution in [2.75, 3.05) is 26.2 Å². The number of nitrogens with two attached hydrogens (primary N) is 1. The number of aryl methyl sites for hydroxylation is 1. The van der Waals surface area contributed by atoms with Crippen LogP contribution in [0, 0.1) is 12.7 Å². The fraction of sp³-hybridized carbons (Fsp3) is 0.409. The van der Waals surface area contributed by atoms with Gasteiger partial charge in [-0.1, -0.05) is 37.3 Å². The summed E-state index contributed by atoms with van der Waals surface area (Å²) in [5.41, 5.74) is 7.83. The predicted molar refractivity (Wildman–Crippen MR) is 222 cm³/mol. The number of pyridine rings is 2. The van der Waals surface area contributed by atoms with Crippen molar-refractivity contribution in [2.24, 2.45) is 5.73 Å². The van der Waals surface area contributed by atoms with E-state index < -0.39 is 58.7 Å². The number of amides is 5. The number of unbranched alkanes of at least 4 members (excludes halogenated alkanes) is 1. The molecule has 2 aliphatic heterocycles. The van der Waals surface area contributed by atoms with Crippen LogP contribution in [0.15, 0.2) is 47.3 Å². The van der Waals surface area contributed by atoms with Crippen molar-refractivity contribution >= 4 is 46.4 Å². The molecule has 0 unspecified atom stereocenters. The van der Waals surface area contributed by atoms with Gasteiger partial charge in [0.1, 0.15) is 18.5 Å². The molecule has 4 aromatic rings. The van der Waals surface area contributed by atoms with Gasteiger partial charge in [0.2, 0.25) is 29.5 Å². The molecule has 0 saturated carbocycles. The van der Waals surface area contributed by atoms with Crippen LogP contribution in [0.1, 0.15) is 84.0 Å². The van der Waals surface area contributed by atoms with Crippen molar-refractivity contribution in [3.63, 3.8) is 0 Å². The molecule has 2 aromatic carbocycles. The first-order valence-electron chi connectivity index (χ1n) is 20.7. The summed E-state index contributed by atoms with van der Waals surface area (Å²) in [6.07, 6.45) is 2.10. The molecule has 8 N–H and O–H groups in total. The standard InChI is InChI=1S/C44H49FN8O9/c1-3-44(61)28-16-33-40-26(21-53(33)42(59)27(28)22-62-43(44)60)39-30(13-12-25-23(2)29(45)17-31(52-40)38(25)39)50-34(54)11-7-8-14-47-36(56)19-49-41(58)32(15-24-9-5-4-6-10-24)51-37(57)20-48-35(55)18-46/h4-6,9-10,16-17,30,32,61H,3,7-8,11-15,18-22,46H2,1-2H3,(H,47,56)(H,48,55)(H,49,58)(H,50,54)(H,51,57)/t30-,32-,44-/m0/s1. The SMILES string of the molecule is CC[C@@]1(O)C(=O)OCc2c1cc1n(c2=O)Cc2c-1nc1cc(F)c(C)c3c1c2[C@@H](NC(=O)CCCCNC(=O)CNC(=O)[C@H](Cc1ccccc1)NC(=O)CNC(=O)CN)CC3. The van der Waals surface area contributed by atoms with Crippen LogP contribution >= 0.6 is 0 Å². The molecule has 5 amide bonds. The third kappa shape index (κ3) is 8.65. The molecule has 18 heteroatoms. The first-order valence-corrected chi connectivity index (χ1v) is 20.7. The number of halogens is 1. The van der Waals surface area contributed by atoms with E-state index in [-0.39, 0.29) is 75.6 Å². The number of hydrogen-bond acceptors (Lipinski definition) is 11. The first kappa shape index (κ1) is 43.6. The second-order valence-corrected chi connectivity index (χ2v) is 15.8. The average Bonchev–Trinajstić information content (AvgIpc) is 3.64. The van der Waals surface area contributed by atoms with Crippen molar-refractivity contribution < 1.29 is 43.0 Å². The topological polar surface area (TPSA) is 253 Å². The number of esters is 1. The summed E-state index contributed by atoms with van der Waals surface area (Å²) in [6, 6.07) is 10.4. The lowest BCUT2D eigenvalue weighted by atomic mass is 9.81. The molecule has 17 nitrogen and oxygen atoms in total. The summed E-state index contributed by atoms with van der Waals surface area (Å²) in [5, 5.41) is 25.4. The first-order chi connectivity index (χ1) is 29.7. The van der Waals surface area contributed by atoms with Crippen LogP contribution in [-0.2, 0) is 65.1 Å². The molecule has 3 atom stereocenters. The van der Waals surface area contributed by atoms with E-state index in [1.165, 1.54) is 10.6 Å². The highest BCUT2D eigenvalue weighted by atomic mass is 19.1. The molecule has 2 aromatic heterocycles. The van der Waals surface area contributed by atoms with E-state index in [9.17, 15) is 38.7 Å². The molecular formula is C44H49FN8O9. The minimum atomic E-state index is -2.01. The third-order valence-electron chi connectivity index (χ3n) is 11.9. The summed E-state index contributed by atoms with van der Waals surface area (Å²) in [4.78, 5) is 94.6. The van der Waals surface area contributed by atoms with E-state index in [4.69, 9.17) is 15.5 Å². The van der Waals surface area contributed by atoms with Gasteiger partial charge in [0.15, 0.2) is 5.60 Å². The zero-order chi connectivity index (χ0) is 44.3. The van der Waals surface area contributed by atoms with Crippen LogP contribution in [0.3, 0.4) is 0 Å². The number of aromatic nitrogens is 2. The van der Waals surface area contributed by atoms with Crippen molar-refractivity contribution in [1.29, 1.82) is 0 Å². The molecular weight excluding hydrogens is 804 g/mol. The molecule has 0 radical (unpaired) electrons. The summed E-state index contributed by atoms with van der Waals surface area (Å²) >= 11 is 0. The zero-order valence-corrected chi connectivity index (χ0v) is 34.5. The predicted octanol–water partition coefficient (Wildman–Crippen LogP) is 0.836. The number of cyclic esters (lactones) is 1. The van der Waals surface area contributed by atoms with Gasteiger partial charge in [-0.2, -0.15) is 0 Å². The number of rotatable bonds is 16. The molecule has 3 aliphatic rings. The fourth-order valence-corrected chi connectivity index (χ4v) is 8.51. The smallest absolute Gasteiger partial charge is 0.343 e. The Morgan fingerprint density at radius 3 is 2.48 bits per heavy atom. The Morgan fingerprint density at radius 2 is 1.74 bits per heavy atom. The van der Waals surface area contributed by atoms with Crippen molar-refractivity contribution in [2.45, 2.75) is 89.6 Å². The quantitative estimate of drug-likeness (QED) is 0.0541. The lowest BCUT2D eigenvalue weighted by molar-refractivity contribution is -0.172. The Labute approximate surface area is 355 Å². The number of nitrogens with zero attached hydrogens (tertiary/aromatic N) is 2. The number of nitrogens with one attached hydrogen (secondary N) is 5. The van der Waals surface area contributed by atoms with Gasteiger partial charge in [-0.05, 0) is 67.3 Å². The molecule has 4 heterocycles. The van der Waals surface area contributed by atoms with Crippen LogP contribution < -0.4 is 37.9 Å². The highest BCUT2D eigenvalue weighted by Gasteiger charge is 2.46. The molecule has 326 valence electrons. The Hall–Kier alpha value is -6.53. The van der Waals surface area contributed by atoms with Gasteiger partial charge in [-0.15, -0.1) is 0 Å². The van der Waals surface area contributed by atoms with Crippen LogP contribution in [0.4, 0.5) is 4.39 Å². The highest BCUT2D eigenvalue weighted by Crippen LogP contribution is 2.46. The largest absolute Gasteiger partial charge is 0.458 e. The second kappa shape index (κ2) is 18.2. The fourth-order valence-electron chi connectivity index (χ4n) is 8.51. The number of benzene rings is 2. The van der Waals surface area contributed by atoms with E-state index in [0.717, 1.165) is 22.1 Å². The Bertz CT molecular complexity index is 2550. The number of carbonyl (C=O) groups excluding carboxylic acids is 6. The van der Waals surface area contributed by atoms with Gasteiger partial charge in [0.25, 0.3) is 5.56 Å². The van der Waals surface area contributed by atoms with Crippen LogP contribution in [0.25, 0.3) is 22.3 Å². The monoisotopic (exact) mass is 852 g/mol. The average molecular weight is 853 g/mol. The summed E-state index contributed by atoms with van der Waals surface area (Å²) < 4.78 is 22.0. The number of ether oxygens (including phenoxy) is 1. The number of hydrogen-bond donors (Lipinski definition) is 7. The van der Waals surface area contributed by atoms with Crippen molar-refractivity contribution in [3.05, 3.63) is 97.6 Å². The second-order valence-electron chi connectivity index (χ2n) is 15.8. The van der Waals surface area contributed by atoms with Crippen LogP contribution in [0.5, 0.6) is 0 Å². The molecule has 0 bridgehead atoms. The van der Waals surface area contributed by atoms with Crippen LogP contribution in [-0.4, -0.2) is 82.4 Å². The van der Waals surface area contributed by atoms with Gasteiger partial charge in [-0.25, -0.2) is 14.2 Å². The normalized spacial score (nSPS) is 17.5. The number of aliphatic hydroxyl groups is 1. The number of fused-ring (bicyclic) bond motifs is 5. The van der Waals surface area contributed by atoms with Gasteiger partial charge in [0.05, 0.1) is 54.7 Å². The molecule has 0 saturated heterocycles. The summed E-state index contributed by atoms with van der Waals surface area (Å²) in [7, 11) is 0. The summed E-state index contributed by atoms with van der Waals surface area (Å²) in [5.74, 6) is -3.69. The molecule has 1 aliphatic carbocycles. The Balaban J connectivity index is 0.970. The lowest BCUT2D eigenvalue weighted by Gasteiger charge is -2.31. The Morgan fingerprint density at radius 1 is 0.984 bits per heavy atom. The van der Waals surface area contributed by atoms with Crippen molar-refractivity contribution in [3.8, 4) is 11.4 Å². The Kier molecular flexibility index (Phi) is 12.8. The minimum Gasteiger partial charge on any atom is -0.458 e. The maximum absolute atomic E-state index is 15.3. The van der Waals surface area contributed by atoms with Gasteiger partial charge in [0, 0.05) is 42.0 Å². The van der Waals surface area contributed by atoms with E-state index in [0.29, 0.717) is 53.7 Å². The molecule has 0 fully saturated rings. The number of carbonyl (C=O) groups is 6. The van der Waals surface area contributed by atoms with E-state index in [1.54, 1.807) is 44.2 Å². The highest BCUT2D eigenvalue weighted by molar-refractivity contribution is 5.94. The minimum absolute atomic E-state index is 0.0171. The summed E-state index contributed by atoms with van der Waals surface area (Å²) in [6.45, 7) is 2.38. The van der Waals surface area contributed by atoms with E-state index in [2.05, 4.69) is 26.6 Å². The van der Waals surface area contributed by atoms with E-state index in [1.807, 2.05) is 6.07 Å². The maximum atomic E-state index is 15.3. The van der Waals surface area contributed by atoms with Gasteiger partial charge < -0.3 is 46.7 Å². The molecule has 0 spiro atoms. The van der Waals surface area contributed by atoms with E-state index >= 15 is 4.39 Å². The van der Waals surface area contributed by atoms with Gasteiger partial charge >= 0.3 is 5.97 Å². The third-order valence-corrected chi connectivity index (χ3v) is 11.9. The van der Waals surface area contributed by atoms with Gasteiger partial charge in [-0.3, -0.25) is 28.8 Å². The maximum Gasteiger partial charge on any atom is 0.343 e. The zero-order valence-electron chi connectivity index (χ0n) is 34.5. The lowest BCUT2D eigenvalue weighted by Crippen LogP contribution is -2.52. The molecule has 62 heavy (non-hydrogen) atoms. The van der Waals surface area contributed by atoms with Crippen molar-refractivity contribution in [1.82, 2.24) is 36.1 Å². The van der Waals surface area contributed by atoms with Crippen LogP contribution in [0.2, 0.25) is 0 Å². The molecule has 7 rings (SSSR count).